The maximum absolute atomic E-state index is 10.9. The summed E-state index contributed by atoms with van der Waals surface area (Å²) >= 11 is 0. The fraction of sp³-hybridized carbons (Fsp3) is 0.571. The highest BCUT2D eigenvalue weighted by molar-refractivity contribution is 5.57. The molecule has 6 nitrogen and oxygen atoms in total. The average molecular weight is 279 g/mol. The third-order valence-electron chi connectivity index (χ3n) is 3.44. The number of nitro groups is 1. The zero-order chi connectivity index (χ0) is 14.4. The molecule has 1 aliphatic rings. The van der Waals surface area contributed by atoms with Crippen LogP contribution in [0.15, 0.2) is 18.2 Å². The Morgan fingerprint density at radius 2 is 2.40 bits per heavy atom. The number of rotatable bonds is 7. The number of nitrogens with one attached hydrogen (secondary N) is 2. The van der Waals surface area contributed by atoms with Crippen molar-refractivity contribution in [2.75, 3.05) is 25.0 Å². The van der Waals surface area contributed by atoms with Gasteiger partial charge in [-0.25, -0.2) is 0 Å². The zero-order valence-corrected chi connectivity index (χ0v) is 11.7. The van der Waals surface area contributed by atoms with Gasteiger partial charge in [-0.15, -0.1) is 0 Å². The highest BCUT2D eigenvalue weighted by atomic mass is 16.6. The molecular formula is C14H21N3O3. The quantitative estimate of drug-likeness (QED) is 0.592. The normalized spacial score (nSPS) is 17.9. The maximum atomic E-state index is 10.9. The van der Waals surface area contributed by atoms with Crippen LogP contribution in [0, 0.1) is 10.1 Å². The highest BCUT2D eigenvalue weighted by Crippen LogP contribution is 2.30. The van der Waals surface area contributed by atoms with Crippen LogP contribution in [0.3, 0.4) is 0 Å². The zero-order valence-electron chi connectivity index (χ0n) is 11.7. The van der Waals surface area contributed by atoms with Gasteiger partial charge >= 0.3 is 5.69 Å². The molecule has 1 fully saturated rings. The van der Waals surface area contributed by atoms with E-state index in [9.17, 15) is 10.1 Å². The molecule has 0 aliphatic carbocycles. The molecule has 0 amide bonds. The molecule has 1 atom stereocenters. The lowest BCUT2D eigenvalue weighted by atomic mass is 10.1. The Hall–Kier alpha value is -1.82. The molecule has 1 heterocycles. The third kappa shape index (κ3) is 3.84. The van der Waals surface area contributed by atoms with E-state index in [0.29, 0.717) is 18.4 Å². The molecule has 1 aliphatic heterocycles. The molecule has 1 saturated heterocycles. The number of anilines is 1. The van der Waals surface area contributed by atoms with Gasteiger partial charge in [-0.05, 0) is 38.8 Å². The smallest absolute Gasteiger partial charge is 0.311 e. The summed E-state index contributed by atoms with van der Waals surface area (Å²) in [6.45, 7) is 4.18. The van der Waals surface area contributed by atoms with Crippen LogP contribution in [-0.2, 0) is 0 Å². The Bertz CT molecular complexity index is 459. The second-order valence-electron chi connectivity index (χ2n) is 4.88. The second kappa shape index (κ2) is 7.09. The van der Waals surface area contributed by atoms with Gasteiger partial charge in [0.2, 0.25) is 0 Å². The van der Waals surface area contributed by atoms with Crippen molar-refractivity contribution in [2.24, 2.45) is 0 Å². The number of benzene rings is 1. The molecule has 1 aromatic rings. The summed E-state index contributed by atoms with van der Waals surface area (Å²) < 4.78 is 5.32. The van der Waals surface area contributed by atoms with Crippen molar-refractivity contribution in [1.29, 1.82) is 0 Å². The number of nitrogens with zero attached hydrogens (tertiary/aromatic N) is 1. The van der Waals surface area contributed by atoms with E-state index in [1.807, 2.05) is 6.92 Å². The van der Waals surface area contributed by atoms with Gasteiger partial charge in [0.25, 0.3) is 0 Å². The first-order valence-electron chi connectivity index (χ1n) is 7.09. The van der Waals surface area contributed by atoms with E-state index in [4.69, 9.17) is 4.74 Å². The Morgan fingerprint density at radius 1 is 1.55 bits per heavy atom. The van der Waals surface area contributed by atoms with Gasteiger partial charge in [-0.3, -0.25) is 10.1 Å². The molecule has 0 aromatic heterocycles. The predicted molar refractivity (Wildman–Crippen MR) is 78.4 cm³/mol. The highest BCUT2D eigenvalue weighted by Gasteiger charge is 2.16. The molecule has 110 valence electrons. The van der Waals surface area contributed by atoms with Crippen molar-refractivity contribution in [3.8, 4) is 5.75 Å². The largest absolute Gasteiger partial charge is 0.487 e. The van der Waals surface area contributed by atoms with Gasteiger partial charge in [0.1, 0.15) is 0 Å². The monoisotopic (exact) mass is 279 g/mol. The van der Waals surface area contributed by atoms with Gasteiger partial charge in [0, 0.05) is 30.4 Å². The van der Waals surface area contributed by atoms with Crippen molar-refractivity contribution < 1.29 is 9.66 Å². The predicted octanol–water partition coefficient (Wildman–Crippen LogP) is 2.55. The third-order valence-corrected chi connectivity index (χ3v) is 3.44. The summed E-state index contributed by atoms with van der Waals surface area (Å²) in [5.74, 6) is 0.321. The van der Waals surface area contributed by atoms with E-state index in [1.54, 1.807) is 12.1 Å². The molecule has 2 N–H and O–H groups in total. The fourth-order valence-electron chi connectivity index (χ4n) is 2.44. The minimum Gasteiger partial charge on any atom is -0.487 e. The fourth-order valence-corrected chi connectivity index (χ4v) is 2.44. The lowest BCUT2D eigenvalue weighted by molar-refractivity contribution is -0.385. The SMILES string of the molecule is CCOc1cc(NCC[C@@H]2CCCN2)ccc1[N+](=O)[O-]. The van der Waals surface area contributed by atoms with Gasteiger partial charge in [-0.1, -0.05) is 0 Å². The lowest BCUT2D eigenvalue weighted by Crippen LogP contribution is -2.24. The number of hydrogen-bond donors (Lipinski definition) is 2. The first-order chi connectivity index (χ1) is 9.70. The van der Waals surface area contributed by atoms with Crippen molar-refractivity contribution in [3.63, 3.8) is 0 Å². The first-order valence-corrected chi connectivity index (χ1v) is 7.09. The summed E-state index contributed by atoms with van der Waals surface area (Å²) in [5.41, 5.74) is 0.868. The van der Waals surface area contributed by atoms with Crippen molar-refractivity contribution in [1.82, 2.24) is 5.32 Å². The van der Waals surface area contributed by atoms with Gasteiger partial charge in [-0.2, -0.15) is 0 Å². The lowest BCUT2D eigenvalue weighted by Gasteiger charge is -2.12. The first kappa shape index (κ1) is 14.6. The van der Waals surface area contributed by atoms with Crippen LogP contribution in [0.1, 0.15) is 26.2 Å². The van der Waals surface area contributed by atoms with Crippen molar-refractivity contribution >= 4 is 11.4 Å². The van der Waals surface area contributed by atoms with Crippen LogP contribution in [-0.4, -0.2) is 30.7 Å². The minimum absolute atomic E-state index is 0.00913. The summed E-state index contributed by atoms with van der Waals surface area (Å²) in [6, 6.07) is 5.50. The second-order valence-corrected chi connectivity index (χ2v) is 4.88. The minimum atomic E-state index is -0.419. The molecular weight excluding hydrogens is 258 g/mol. The molecule has 20 heavy (non-hydrogen) atoms. The molecule has 6 heteroatoms. The Labute approximate surface area is 118 Å². The Balaban J connectivity index is 1.93. The van der Waals surface area contributed by atoms with E-state index >= 15 is 0 Å². The molecule has 1 aromatic carbocycles. The van der Waals surface area contributed by atoms with Crippen LogP contribution < -0.4 is 15.4 Å². The van der Waals surface area contributed by atoms with E-state index < -0.39 is 4.92 Å². The van der Waals surface area contributed by atoms with Gasteiger partial charge in [0.05, 0.1) is 11.5 Å². The van der Waals surface area contributed by atoms with E-state index in [0.717, 1.165) is 25.2 Å². The maximum Gasteiger partial charge on any atom is 0.311 e. The number of nitro benzene ring substituents is 1. The number of hydrogen-bond acceptors (Lipinski definition) is 5. The molecule has 2 rings (SSSR count). The molecule has 0 unspecified atom stereocenters. The average Bonchev–Trinajstić information content (AvgIpc) is 2.92. The van der Waals surface area contributed by atoms with Crippen molar-refractivity contribution in [2.45, 2.75) is 32.2 Å². The topological polar surface area (TPSA) is 76.4 Å². The Kier molecular flexibility index (Phi) is 5.17. The van der Waals surface area contributed by atoms with Crippen LogP contribution in [0.2, 0.25) is 0 Å². The van der Waals surface area contributed by atoms with E-state index in [2.05, 4.69) is 10.6 Å². The molecule has 0 spiro atoms. The summed E-state index contributed by atoms with van der Waals surface area (Å²) in [6.07, 6.45) is 3.53. The van der Waals surface area contributed by atoms with Crippen LogP contribution in [0.4, 0.5) is 11.4 Å². The number of ether oxygens (including phenoxy) is 1. The Morgan fingerprint density at radius 3 is 3.05 bits per heavy atom. The molecule has 0 saturated carbocycles. The van der Waals surface area contributed by atoms with Crippen LogP contribution in [0.25, 0.3) is 0 Å². The summed E-state index contributed by atoms with van der Waals surface area (Å²) in [4.78, 5) is 10.5. The van der Waals surface area contributed by atoms with E-state index in [-0.39, 0.29) is 5.69 Å². The van der Waals surface area contributed by atoms with Crippen LogP contribution >= 0.6 is 0 Å². The summed E-state index contributed by atoms with van der Waals surface area (Å²) in [7, 11) is 0. The molecule has 0 bridgehead atoms. The molecule has 0 radical (unpaired) electrons. The standard InChI is InChI=1S/C14H21N3O3/c1-2-20-14-10-12(5-6-13(14)17(18)19)16-9-7-11-4-3-8-15-11/h5-6,10-11,15-16H,2-4,7-9H2,1H3/t11-/m0/s1. The van der Waals surface area contributed by atoms with Crippen LogP contribution in [0.5, 0.6) is 5.75 Å². The van der Waals surface area contributed by atoms with Gasteiger partial charge < -0.3 is 15.4 Å². The summed E-state index contributed by atoms with van der Waals surface area (Å²) in [5, 5.41) is 17.6. The van der Waals surface area contributed by atoms with E-state index in [1.165, 1.54) is 18.9 Å². The van der Waals surface area contributed by atoms with Gasteiger partial charge in [0.15, 0.2) is 5.75 Å². The van der Waals surface area contributed by atoms with Crippen molar-refractivity contribution in [3.05, 3.63) is 28.3 Å².